The molecule has 1 aliphatic heterocycles. The largest absolute Gasteiger partial charge is 0.360 e. The fraction of sp³-hybridized carbons (Fsp3) is 0.259. The van der Waals surface area contributed by atoms with E-state index in [4.69, 9.17) is 4.52 Å². The van der Waals surface area contributed by atoms with Crippen molar-refractivity contribution in [2.75, 3.05) is 49.2 Å². The molecular weight excluding hydrogens is 484 g/mol. The monoisotopic (exact) mass is 514 g/mol. The van der Waals surface area contributed by atoms with Crippen LogP contribution in [0.5, 0.6) is 0 Å². The first-order valence-corrected chi connectivity index (χ1v) is 12.4. The van der Waals surface area contributed by atoms with Crippen LogP contribution in [-0.2, 0) is 6.54 Å². The quantitative estimate of drug-likeness (QED) is 0.293. The molecule has 1 fully saturated rings. The molecule has 0 unspecified atom stereocenters. The van der Waals surface area contributed by atoms with Crippen LogP contribution in [0.25, 0.3) is 11.3 Å². The van der Waals surface area contributed by atoms with Crippen molar-refractivity contribution < 1.29 is 14.1 Å². The molecule has 2 aromatic carbocycles. The minimum atomic E-state index is -0.442. The summed E-state index contributed by atoms with van der Waals surface area (Å²) in [5.41, 5.74) is 3.82. The average Bonchev–Trinajstić information content (AvgIpc) is 3.54. The number of H-pyrrole nitrogens is 1. The lowest BCUT2D eigenvalue weighted by atomic mass is 10.1. The molecule has 0 saturated carbocycles. The van der Waals surface area contributed by atoms with Crippen LogP contribution in [0.15, 0.2) is 65.2 Å². The number of piperazine rings is 1. The smallest absolute Gasteiger partial charge is 0.324 e. The predicted molar refractivity (Wildman–Crippen MR) is 145 cm³/mol. The first-order valence-electron chi connectivity index (χ1n) is 12.4. The molecule has 3 heterocycles. The highest BCUT2D eigenvalue weighted by Crippen LogP contribution is 2.23. The number of hydrogen-bond donors (Lipinski definition) is 4. The van der Waals surface area contributed by atoms with Gasteiger partial charge in [0.25, 0.3) is 5.91 Å². The van der Waals surface area contributed by atoms with Crippen LogP contribution in [0, 0.1) is 6.92 Å². The molecule has 4 N–H and O–H groups in total. The Morgan fingerprint density at radius 2 is 1.74 bits per heavy atom. The number of aromatic nitrogens is 3. The van der Waals surface area contributed by atoms with Crippen molar-refractivity contribution in [1.82, 2.24) is 25.2 Å². The molecule has 0 radical (unpaired) electrons. The Bertz CT molecular complexity index is 1400. The number of carbonyl (C=O) groups is 2. The van der Waals surface area contributed by atoms with E-state index >= 15 is 0 Å². The van der Waals surface area contributed by atoms with Crippen molar-refractivity contribution in [2.24, 2.45) is 0 Å². The van der Waals surface area contributed by atoms with Crippen LogP contribution in [0.1, 0.15) is 21.7 Å². The number of amides is 3. The molecule has 0 atom stereocenters. The van der Waals surface area contributed by atoms with E-state index in [1.54, 1.807) is 31.2 Å². The topological polar surface area (TPSA) is 131 Å². The van der Waals surface area contributed by atoms with Gasteiger partial charge in [-0.15, -0.1) is 0 Å². The molecule has 0 aliphatic carbocycles. The number of aryl methyl sites for hydroxylation is 1. The zero-order valence-electron chi connectivity index (χ0n) is 21.3. The number of nitrogens with zero attached hydrogens (tertiary/aromatic N) is 4. The lowest BCUT2D eigenvalue weighted by molar-refractivity contribution is 0.102. The maximum Gasteiger partial charge on any atom is 0.324 e. The van der Waals surface area contributed by atoms with Crippen LogP contribution in [0.4, 0.5) is 22.1 Å². The molecule has 2 aromatic heterocycles. The Hall–Kier alpha value is -4.48. The van der Waals surface area contributed by atoms with Gasteiger partial charge in [0.1, 0.15) is 5.76 Å². The lowest BCUT2D eigenvalue weighted by Gasteiger charge is -2.32. The van der Waals surface area contributed by atoms with E-state index in [0.29, 0.717) is 34.3 Å². The van der Waals surface area contributed by atoms with E-state index < -0.39 is 6.03 Å². The maximum absolute atomic E-state index is 12.8. The average molecular weight is 515 g/mol. The lowest BCUT2D eigenvalue weighted by Crippen LogP contribution is -2.43. The number of anilines is 3. The number of likely N-dealkylation sites (N-methyl/N-ethyl adjacent to an activating group) is 1. The first kappa shape index (κ1) is 25.2. The first-order chi connectivity index (χ1) is 18.4. The summed E-state index contributed by atoms with van der Waals surface area (Å²) in [4.78, 5) is 29.8. The summed E-state index contributed by atoms with van der Waals surface area (Å²) >= 11 is 0. The molecule has 5 rings (SSSR count). The minimum absolute atomic E-state index is 0.232. The molecule has 0 spiro atoms. The van der Waals surface area contributed by atoms with Gasteiger partial charge >= 0.3 is 6.03 Å². The maximum atomic E-state index is 12.8. The molecule has 1 saturated heterocycles. The summed E-state index contributed by atoms with van der Waals surface area (Å²) in [7, 11) is 2.14. The van der Waals surface area contributed by atoms with Gasteiger partial charge in [-0.25, -0.2) is 4.79 Å². The van der Waals surface area contributed by atoms with Gasteiger partial charge in [0.15, 0.2) is 11.6 Å². The van der Waals surface area contributed by atoms with Crippen LogP contribution in [0.3, 0.4) is 0 Å². The third-order valence-corrected chi connectivity index (χ3v) is 6.34. The van der Waals surface area contributed by atoms with E-state index in [0.717, 1.165) is 38.3 Å². The van der Waals surface area contributed by atoms with Gasteiger partial charge in [-0.05, 0) is 43.8 Å². The van der Waals surface area contributed by atoms with Crippen LogP contribution >= 0.6 is 0 Å². The van der Waals surface area contributed by atoms with Gasteiger partial charge in [0, 0.05) is 61.7 Å². The van der Waals surface area contributed by atoms with Crippen LogP contribution in [0.2, 0.25) is 0 Å². The molecule has 11 heteroatoms. The SMILES string of the molecule is Cc1cc(NC(=O)Nc2cccc(-c3cc(NC(=O)c4ccc(CN5CCN(C)CC5)cc4)n[nH]3)c2)no1. The summed E-state index contributed by atoms with van der Waals surface area (Å²) in [6, 6.07) is 17.9. The van der Waals surface area contributed by atoms with E-state index in [2.05, 4.69) is 48.2 Å². The number of urea groups is 1. The number of nitrogens with one attached hydrogen (secondary N) is 4. The number of carbonyl (C=O) groups excluding carboxylic acids is 2. The zero-order chi connectivity index (χ0) is 26.5. The van der Waals surface area contributed by atoms with Crippen LogP contribution < -0.4 is 16.0 Å². The van der Waals surface area contributed by atoms with Gasteiger partial charge < -0.3 is 20.1 Å². The van der Waals surface area contributed by atoms with E-state index in [1.165, 1.54) is 5.56 Å². The van der Waals surface area contributed by atoms with Crippen molar-refractivity contribution in [2.45, 2.75) is 13.5 Å². The van der Waals surface area contributed by atoms with Gasteiger partial charge in [-0.1, -0.05) is 29.4 Å². The van der Waals surface area contributed by atoms with E-state index in [-0.39, 0.29) is 5.91 Å². The number of rotatable bonds is 7. The highest BCUT2D eigenvalue weighted by molar-refractivity contribution is 6.04. The van der Waals surface area contributed by atoms with Crippen molar-refractivity contribution >= 4 is 29.3 Å². The standard InChI is InChI=1S/C27H30N8O3/c1-18-14-25(33-38-18)30-27(37)28-22-5-3-4-21(15-22)23-16-24(32-31-23)29-26(36)20-8-6-19(7-9-20)17-35-12-10-34(2)11-13-35/h3-9,14-16H,10-13,17H2,1-2H3,(H2,28,30,33,37)(H2,29,31,32,36). The van der Waals surface area contributed by atoms with Gasteiger partial charge in [-0.2, -0.15) is 5.10 Å². The van der Waals surface area contributed by atoms with Crippen molar-refractivity contribution in [1.29, 1.82) is 0 Å². The summed E-state index contributed by atoms with van der Waals surface area (Å²) in [6.07, 6.45) is 0. The molecule has 3 amide bonds. The molecule has 11 nitrogen and oxygen atoms in total. The normalized spacial score (nSPS) is 14.3. The second-order valence-electron chi connectivity index (χ2n) is 9.38. The summed E-state index contributed by atoms with van der Waals surface area (Å²) in [5.74, 6) is 1.10. The predicted octanol–water partition coefficient (Wildman–Crippen LogP) is 4.02. The highest BCUT2D eigenvalue weighted by Gasteiger charge is 2.15. The Kier molecular flexibility index (Phi) is 7.47. The number of hydrogen-bond acceptors (Lipinski definition) is 7. The van der Waals surface area contributed by atoms with Crippen molar-refractivity contribution in [3.8, 4) is 11.3 Å². The van der Waals surface area contributed by atoms with E-state index in [1.807, 2.05) is 36.4 Å². The highest BCUT2D eigenvalue weighted by atomic mass is 16.5. The zero-order valence-corrected chi connectivity index (χ0v) is 21.3. The summed E-state index contributed by atoms with van der Waals surface area (Å²) in [6.45, 7) is 6.88. The molecular formula is C27H30N8O3. The number of aromatic amines is 1. The second kappa shape index (κ2) is 11.3. The second-order valence-corrected chi connectivity index (χ2v) is 9.38. The third-order valence-electron chi connectivity index (χ3n) is 6.34. The van der Waals surface area contributed by atoms with Crippen LogP contribution in [-0.4, -0.2) is 70.3 Å². The fourth-order valence-electron chi connectivity index (χ4n) is 4.22. The summed E-state index contributed by atoms with van der Waals surface area (Å²) < 4.78 is 4.95. The fourth-order valence-corrected chi connectivity index (χ4v) is 4.22. The molecule has 1 aliphatic rings. The number of benzene rings is 2. The molecule has 38 heavy (non-hydrogen) atoms. The van der Waals surface area contributed by atoms with E-state index in [9.17, 15) is 9.59 Å². The Morgan fingerprint density at radius 1 is 0.947 bits per heavy atom. The van der Waals surface area contributed by atoms with Crippen molar-refractivity contribution in [3.05, 3.63) is 77.6 Å². The van der Waals surface area contributed by atoms with Gasteiger partial charge in [0.05, 0.1) is 5.69 Å². The Morgan fingerprint density at radius 3 is 2.47 bits per heavy atom. The Balaban J connectivity index is 1.16. The molecule has 196 valence electrons. The Labute approximate surface area is 220 Å². The summed E-state index contributed by atoms with van der Waals surface area (Å²) in [5, 5.41) is 19.1. The molecule has 0 bridgehead atoms. The third kappa shape index (κ3) is 6.44. The minimum Gasteiger partial charge on any atom is -0.360 e. The van der Waals surface area contributed by atoms with Gasteiger partial charge in [0.2, 0.25) is 0 Å². The van der Waals surface area contributed by atoms with Gasteiger partial charge in [-0.3, -0.25) is 20.1 Å². The molecule has 4 aromatic rings. The van der Waals surface area contributed by atoms with Crippen molar-refractivity contribution in [3.63, 3.8) is 0 Å².